The first-order chi connectivity index (χ1) is 10.8. The molecule has 1 amide bonds. The van der Waals surface area contributed by atoms with Crippen molar-refractivity contribution in [1.82, 2.24) is 4.90 Å². The van der Waals surface area contributed by atoms with Gasteiger partial charge in [0.25, 0.3) is 0 Å². The molecule has 124 valence electrons. The summed E-state index contributed by atoms with van der Waals surface area (Å²) in [6.45, 7) is 5.77. The van der Waals surface area contributed by atoms with Gasteiger partial charge < -0.3 is 14.7 Å². The van der Waals surface area contributed by atoms with E-state index >= 15 is 0 Å². The van der Waals surface area contributed by atoms with Gasteiger partial charge in [-0.2, -0.15) is 0 Å². The number of carbonyl (C=O) groups is 2. The Morgan fingerprint density at radius 3 is 2.74 bits per heavy atom. The first-order valence-corrected chi connectivity index (χ1v) is 8.12. The third-order valence-corrected chi connectivity index (χ3v) is 4.82. The van der Waals surface area contributed by atoms with Gasteiger partial charge in [-0.05, 0) is 51.8 Å². The Morgan fingerprint density at radius 2 is 2.09 bits per heavy atom. The highest BCUT2D eigenvalue weighted by molar-refractivity contribution is 5.94. The van der Waals surface area contributed by atoms with Gasteiger partial charge in [-0.25, -0.2) is 0 Å². The van der Waals surface area contributed by atoms with Gasteiger partial charge in [-0.3, -0.25) is 9.59 Å². The summed E-state index contributed by atoms with van der Waals surface area (Å²) in [5, 5.41) is 10.8. The summed E-state index contributed by atoms with van der Waals surface area (Å²) in [6.07, 6.45) is 1.47. The third kappa shape index (κ3) is 2.74. The second kappa shape index (κ2) is 5.64. The van der Waals surface area contributed by atoms with Crippen molar-refractivity contribution >= 4 is 11.7 Å². The molecule has 3 rings (SSSR count). The lowest BCUT2D eigenvalue weighted by atomic mass is 9.84. The van der Waals surface area contributed by atoms with Crippen LogP contribution in [0, 0.1) is 0 Å². The Labute approximate surface area is 136 Å². The molecule has 2 atom stereocenters. The molecule has 0 aromatic heterocycles. The number of likely N-dealkylation sites (tertiary alicyclic amines) is 1. The number of rotatable bonds is 2. The molecule has 1 N–H and O–H groups in total. The zero-order valence-electron chi connectivity index (χ0n) is 13.8. The number of aliphatic hydroxyl groups excluding tert-OH is 1. The average Bonchev–Trinajstić information content (AvgIpc) is 2.49. The first kappa shape index (κ1) is 16.0. The van der Waals surface area contributed by atoms with Crippen LogP contribution < -0.4 is 4.74 Å². The monoisotopic (exact) mass is 317 g/mol. The number of carbonyl (C=O) groups excluding carboxylic acids is 2. The van der Waals surface area contributed by atoms with Gasteiger partial charge in [0.15, 0.2) is 5.78 Å². The quantitative estimate of drug-likeness (QED) is 0.851. The SMILES string of the molecule is CC(=O)c1ccc2c(c1)[C@@H](N1CCCCC1=O)[C@H](O)C(C)(C)O2. The van der Waals surface area contributed by atoms with Crippen LogP contribution in [0.25, 0.3) is 0 Å². The zero-order valence-corrected chi connectivity index (χ0v) is 13.8. The van der Waals surface area contributed by atoms with Crippen LogP contribution in [0.5, 0.6) is 5.75 Å². The summed E-state index contributed by atoms with van der Waals surface area (Å²) in [5.74, 6) is 0.640. The second-order valence-electron chi connectivity index (χ2n) is 6.95. The lowest BCUT2D eigenvalue weighted by Crippen LogP contribution is -2.55. The van der Waals surface area contributed by atoms with Crippen LogP contribution in [-0.2, 0) is 4.79 Å². The molecule has 0 aliphatic carbocycles. The second-order valence-corrected chi connectivity index (χ2v) is 6.95. The molecule has 5 nitrogen and oxygen atoms in total. The summed E-state index contributed by atoms with van der Waals surface area (Å²) in [4.78, 5) is 25.8. The van der Waals surface area contributed by atoms with Crippen molar-refractivity contribution in [3.63, 3.8) is 0 Å². The zero-order chi connectivity index (χ0) is 16.8. The highest BCUT2D eigenvalue weighted by Gasteiger charge is 2.47. The summed E-state index contributed by atoms with van der Waals surface area (Å²) >= 11 is 0. The number of benzene rings is 1. The van der Waals surface area contributed by atoms with E-state index in [2.05, 4.69) is 0 Å². The van der Waals surface area contributed by atoms with E-state index in [1.165, 1.54) is 6.92 Å². The Morgan fingerprint density at radius 1 is 1.35 bits per heavy atom. The number of Topliss-reactive ketones (excluding diaryl/α,β-unsaturated/α-hetero) is 1. The molecule has 1 aromatic rings. The predicted octanol–water partition coefficient (Wildman–Crippen LogP) is 2.47. The van der Waals surface area contributed by atoms with E-state index in [1.807, 2.05) is 13.8 Å². The van der Waals surface area contributed by atoms with Crippen LogP contribution in [0.3, 0.4) is 0 Å². The minimum atomic E-state index is -0.848. The highest BCUT2D eigenvalue weighted by Crippen LogP contribution is 2.44. The molecular formula is C18H23NO4. The molecular weight excluding hydrogens is 294 g/mol. The number of hydrogen-bond acceptors (Lipinski definition) is 4. The molecule has 2 heterocycles. The summed E-state index contributed by atoms with van der Waals surface area (Å²) in [5.41, 5.74) is 0.487. The van der Waals surface area contributed by atoms with Crippen LogP contribution >= 0.6 is 0 Å². The van der Waals surface area contributed by atoms with Crippen molar-refractivity contribution in [2.24, 2.45) is 0 Å². The van der Waals surface area contributed by atoms with Gasteiger partial charge in [-0.15, -0.1) is 0 Å². The van der Waals surface area contributed by atoms with Crippen LogP contribution in [0.1, 0.15) is 62.0 Å². The molecule has 0 saturated carbocycles. The van der Waals surface area contributed by atoms with Crippen molar-refractivity contribution in [2.75, 3.05) is 6.54 Å². The van der Waals surface area contributed by atoms with Crippen molar-refractivity contribution < 1.29 is 19.4 Å². The molecule has 23 heavy (non-hydrogen) atoms. The predicted molar refractivity (Wildman–Crippen MR) is 85.5 cm³/mol. The van der Waals surface area contributed by atoms with Crippen LogP contribution in [0.4, 0.5) is 0 Å². The van der Waals surface area contributed by atoms with Crippen molar-refractivity contribution in [3.05, 3.63) is 29.3 Å². The maximum absolute atomic E-state index is 12.4. The smallest absolute Gasteiger partial charge is 0.223 e. The topological polar surface area (TPSA) is 66.8 Å². The van der Waals surface area contributed by atoms with Gasteiger partial charge >= 0.3 is 0 Å². The Hall–Kier alpha value is -1.88. The molecule has 1 fully saturated rings. The maximum atomic E-state index is 12.4. The molecule has 0 radical (unpaired) electrons. The highest BCUT2D eigenvalue weighted by atomic mass is 16.5. The summed E-state index contributed by atoms with van der Waals surface area (Å²) in [7, 11) is 0. The Kier molecular flexibility index (Phi) is 3.92. The van der Waals surface area contributed by atoms with Crippen molar-refractivity contribution in [1.29, 1.82) is 0 Å². The number of ketones is 1. The van der Waals surface area contributed by atoms with E-state index in [0.717, 1.165) is 18.4 Å². The molecule has 1 saturated heterocycles. The largest absolute Gasteiger partial charge is 0.485 e. The molecule has 5 heteroatoms. The molecule has 1 aromatic carbocycles. The van der Waals surface area contributed by atoms with Gasteiger partial charge in [0.1, 0.15) is 17.5 Å². The normalized spacial score (nSPS) is 26.4. The van der Waals surface area contributed by atoms with E-state index in [-0.39, 0.29) is 11.7 Å². The number of ether oxygens (including phenoxy) is 1. The molecule has 2 aliphatic heterocycles. The number of hydrogen-bond donors (Lipinski definition) is 1. The van der Waals surface area contributed by atoms with Gasteiger partial charge in [0, 0.05) is 24.1 Å². The lowest BCUT2D eigenvalue weighted by Gasteiger charge is -2.47. The molecule has 0 bridgehead atoms. The number of piperidine rings is 1. The van der Waals surface area contributed by atoms with Gasteiger partial charge in [0.2, 0.25) is 5.91 Å². The minimum absolute atomic E-state index is 0.0455. The summed E-state index contributed by atoms with van der Waals surface area (Å²) < 4.78 is 5.92. The summed E-state index contributed by atoms with van der Waals surface area (Å²) in [6, 6.07) is 4.77. The fourth-order valence-electron chi connectivity index (χ4n) is 3.44. The Balaban J connectivity index is 2.11. The third-order valence-electron chi connectivity index (χ3n) is 4.82. The van der Waals surface area contributed by atoms with E-state index in [9.17, 15) is 14.7 Å². The van der Waals surface area contributed by atoms with E-state index in [0.29, 0.717) is 24.3 Å². The standard InChI is InChI=1S/C18H23NO4/c1-11(20)12-7-8-14-13(10-12)16(17(22)18(2,3)23-14)19-9-5-4-6-15(19)21/h7-8,10,16-17,22H,4-6,9H2,1-3H3/t16-,17+/m1/s1. The van der Waals surface area contributed by atoms with Crippen LogP contribution in [0.2, 0.25) is 0 Å². The van der Waals surface area contributed by atoms with E-state index in [1.54, 1.807) is 23.1 Å². The van der Waals surface area contributed by atoms with E-state index < -0.39 is 17.7 Å². The first-order valence-electron chi connectivity index (χ1n) is 8.12. The average molecular weight is 317 g/mol. The fourth-order valence-corrected chi connectivity index (χ4v) is 3.44. The Bertz CT molecular complexity index is 652. The number of fused-ring (bicyclic) bond motifs is 1. The van der Waals surface area contributed by atoms with Crippen LogP contribution in [-0.4, -0.2) is 39.9 Å². The number of amides is 1. The fraction of sp³-hybridized carbons (Fsp3) is 0.556. The van der Waals surface area contributed by atoms with Crippen molar-refractivity contribution in [2.45, 2.75) is 57.8 Å². The molecule has 0 unspecified atom stereocenters. The number of aliphatic hydroxyl groups is 1. The van der Waals surface area contributed by atoms with Gasteiger partial charge in [0.05, 0.1) is 6.04 Å². The van der Waals surface area contributed by atoms with E-state index in [4.69, 9.17) is 4.74 Å². The van der Waals surface area contributed by atoms with Crippen molar-refractivity contribution in [3.8, 4) is 5.75 Å². The minimum Gasteiger partial charge on any atom is -0.485 e. The number of nitrogens with zero attached hydrogens (tertiary/aromatic N) is 1. The molecule has 2 aliphatic rings. The molecule has 0 spiro atoms. The van der Waals surface area contributed by atoms with Gasteiger partial charge in [-0.1, -0.05) is 0 Å². The maximum Gasteiger partial charge on any atom is 0.223 e. The van der Waals surface area contributed by atoms with Crippen LogP contribution in [0.15, 0.2) is 18.2 Å². The lowest BCUT2D eigenvalue weighted by molar-refractivity contribution is -0.147.